The molecule has 5 nitrogen and oxygen atoms in total. The maximum atomic E-state index is 13.1. The third-order valence-corrected chi connectivity index (χ3v) is 3.30. The van der Waals surface area contributed by atoms with E-state index in [4.69, 9.17) is 4.74 Å². The van der Waals surface area contributed by atoms with Crippen molar-refractivity contribution in [2.45, 2.75) is 6.04 Å². The first-order valence-electron chi connectivity index (χ1n) is 6.30. The Hall–Kier alpha value is -2.63. The predicted molar refractivity (Wildman–Crippen MR) is 71.2 cm³/mol. The second kappa shape index (κ2) is 4.19. The van der Waals surface area contributed by atoms with Gasteiger partial charge in [-0.2, -0.15) is 4.98 Å². The number of benzene rings is 1. The Kier molecular flexibility index (Phi) is 2.35. The number of halogens is 1. The smallest absolute Gasteiger partial charge is 0.243 e. The lowest BCUT2D eigenvalue weighted by Gasteiger charge is -2.08. The third-order valence-electron chi connectivity index (χ3n) is 3.30. The first-order valence-corrected chi connectivity index (χ1v) is 6.30. The van der Waals surface area contributed by atoms with Crippen molar-refractivity contribution >= 4 is 11.6 Å². The summed E-state index contributed by atoms with van der Waals surface area (Å²) in [6, 6.07) is 10.8. The Morgan fingerprint density at radius 3 is 3.10 bits per heavy atom. The molecule has 3 aromatic rings. The van der Waals surface area contributed by atoms with E-state index in [1.54, 1.807) is 6.07 Å². The van der Waals surface area contributed by atoms with E-state index in [9.17, 15) is 4.39 Å². The van der Waals surface area contributed by atoms with Gasteiger partial charge in [-0.1, -0.05) is 18.2 Å². The molecular formula is C14H11FN4O. The highest BCUT2D eigenvalue weighted by Crippen LogP contribution is 2.33. The number of pyridine rings is 1. The lowest BCUT2D eigenvalue weighted by molar-refractivity contribution is 0.339. The topological polar surface area (TPSA) is 51.5 Å². The number of nitrogens with zero attached hydrogens (tertiary/aromatic N) is 3. The average Bonchev–Trinajstić information content (AvgIpc) is 3.03. The van der Waals surface area contributed by atoms with Gasteiger partial charge in [0.05, 0.1) is 12.2 Å². The molecular weight excluding hydrogens is 259 g/mol. The molecule has 0 spiro atoms. The summed E-state index contributed by atoms with van der Waals surface area (Å²) in [5.41, 5.74) is 1.68. The number of fused-ring (bicyclic) bond motifs is 2. The van der Waals surface area contributed by atoms with Gasteiger partial charge in [-0.3, -0.25) is 0 Å². The van der Waals surface area contributed by atoms with Crippen molar-refractivity contribution in [2.75, 3.05) is 11.9 Å². The van der Waals surface area contributed by atoms with Crippen LogP contribution in [0.4, 0.5) is 10.3 Å². The standard InChI is InChI=1S/C14H11FN4O/c15-9-5-6-13-17-14(18-19(13)7-9)16-11-8-20-12-4-2-1-3-10(11)12/h1-7,11H,8H2,(H,16,18). The van der Waals surface area contributed by atoms with Gasteiger partial charge in [0.2, 0.25) is 5.95 Å². The molecule has 0 amide bonds. The maximum absolute atomic E-state index is 13.1. The van der Waals surface area contributed by atoms with Gasteiger partial charge in [-0.15, -0.1) is 5.10 Å². The fraction of sp³-hybridized carbons (Fsp3) is 0.143. The van der Waals surface area contributed by atoms with Crippen LogP contribution in [-0.4, -0.2) is 21.2 Å². The predicted octanol–water partition coefficient (Wildman–Crippen LogP) is 2.41. The molecule has 3 heterocycles. The lowest BCUT2D eigenvalue weighted by atomic mass is 10.1. The molecule has 0 saturated heterocycles. The quantitative estimate of drug-likeness (QED) is 0.777. The Bertz CT molecular complexity index is 786. The second-order valence-electron chi connectivity index (χ2n) is 4.63. The van der Waals surface area contributed by atoms with E-state index in [0.29, 0.717) is 18.2 Å². The summed E-state index contributed by atoms with van der Waals surface area (Å²) in [5, 5.41) is 7.42. The molecule has 6 heteroatoms. The van der Waals surface area contributed by atoms with Crippen LogP contribution < -0.4 is 10.1 Å². The monoisotopic (exact) mass is 270 g/mol. The van der Waals surface area contributed by atoms with Crippen molar-refractivity contribution < 1.29 is 9.13 Å². The number of para-hydroxylation sites is 1. The minimum atomic E-state index is -0.344. The number of hydrogen-bond acceptors (Lipinski definition) is 4. The molecule has 0 bridgehead atoms. The number of rotatable bonds is 2. The first kappa shape index (κ1) is 11.2. The molecule has 1 unspecified atom stereocenters. The Labute approximate surface area is 114 Å². The van der Waals surface area contributed by atoms with E-state index >= 15 is 0 Å². The van der Waals surface area contributed by atoms with Crippen molar-refractivity contribution in [2.24, 2.45) is 0 Å². The zero-order valence-electron chi connectivity index (χ0n) is 10.5. The van der Waals surface area contributed by atoms with Crippen molar-refractivity contribution in [1.29, 1.82) is 0 Å². The molecule has 1 aromatic carbocycles. The summed E-state index contributed by atoms with van der Waals surface area (Å²) in [6.45, 7) is 0.531. The lowest BCUT2D eigenvalue weighted by Crippen LogP contribution is -2.13. The molecule has 1 N–H and O–H groups in total. The van der Waals surface area contributed by atoms with Crippen molar-refractivity contribution in [3.05, 3.63) is 54.0 Å². The Morgan fingerprint density at radius 2 is 2.15 bits per heavy atom. The van der Waals surface area contributed by atoms with Crippen LogP contribution in [0.15, 0.2) is 42.6 Å². The van der Waals surface area contributed by atoms with Gasteiger partial charge in [-0.25, -0.2) is 8.91 Å². The zero-order chi connectivity index (χ0) is 13.5. The highest BCUT2D eigenvalue weighted by atomic mass is 19.1. The summed E-state index contributed by atoms with van der Waals surface area (Å²) in [5.74, 6) is 0.990. The van der Waals surface area contributed by atoms with E-state index in [-0.39, 0.29) is 11.9 Å². The van der Waals surface area contributed by atoms with Crippen LogP contribution in [0.2, 0.25) is 0 Å². The summed E-state index contributed by atoms with van der Waals surface area (Å²) >= 11 is 0. The number of aromatic nitrogens is 3. The molecule has 1 atom stereocenters. The third kappa shape index (κ3) is 1.77. The van der Waals surface area contributed by atoms with Crippen LogP contribution >= 0.6 is 0 Å². The fourth-order valence-corrected chi connectivity index (χ4v) is 2.36. The summed E-state index contributed by atoms with van der Waals surface area (Å²) in [6.07, 6.45) is 1.30. The molecule has 1 aliphatic rings. The molecule has 0 radical (unpaired) electrons. The highest BCUT2D eigenvalue weighted by Gasteiger charge is 2.24. The van der Waals surface area contributed by atoms with Crippen LogP contribution in [-0.2, 0) is 0 Å². The highest BCUT2D eigenvalue weighted by molar-refractivity contribution is 5.47. The van der Waals surface area contributed by atoms with Crippen molar-refractivity contribution in [3.63, 3.8) is 0 Å². The van der Waals surface area contributed by atoms with Crippen LogP contribution in [0.25, 0.3) is 5.65 Å². The maximum Gasteiger partial charge on any atom is 0.243 e. The van der Waals surface area contributed by atoms with Gasteiger partial charge in [-0.05, 0) is 18.2 Å². The first-order chi connectivity index (χ1) is 9.79. The Morgan fingerprint density at radius 1 is 1.25 bits per heavy atom. The van der Waals surface area contributed by atoms with Crippen LogP contribution in [0.1, 0.15) is 11.6 Å². The Balaban J connectivity index is 1.65. The molecule has 20 heavy (non-hydrogen) atoms. The average molecular weight is 270 g/mol. The number of anilines is 1. The van der Waals surface area contributed by atoms with Gasteiger partial charge in [0.15, 0.2) is 5.65 Å². The zero-order valence-corrected chi connectivity index (χ0v) is 10.5. The van der Waals surface area contributed by atoms with Crippen LogP contribution in [0.5, 0.6) is 5.75 Å². The largest absolute Gasteiger partial charge is 0.491 e. The number of ether oxygens (including phenoxy) is 1. The van der Waals surface area contributed by atoms with Crippen LogP contribution in [0, 0.1) is 5.82 Å². The van der Waals surface area contributed by atoms with Gasteiger partial charge in [0, 0.05) is 5.56 Å². The van der Waals surface area contributed by atoms with Gasteiger partial charge >= 0.3 is 0 Å². The van der Waals surface area contributed by atoms with Crippen molar-refractivity contribution in [3.8, 4) is 5.75 Å². The molecule has 1 aliphatic heterocycles. The minimum absolute atomic E-state index is 0.00783. The summed E-state index contributed by atoms with van der Waals surface area (Å²) in [7, 11) is 0. The molecule has 0 aliphatic carbocycles. The van der Waals surface area contributed by atoms with Crippen LogP contribution in [0.3, 0.4) is 0 Å². The summed E-state index contributed by atoms with van der Waals surface area (Å²) in [4.78, 5) is 4.31. The molecule has 0 fully saturated rings. The minimum Gasteiger partial charge on any atom is -0.491 e. The summed E-state index contributed by atoms with van der Waals surface area (Å²) < 4.78 is 20.1. The molecule has 2 aromatic heterocycles. The van der Waals surface area contributed by atoms with Gasteiger partial charge < -0.3 is 10.1 Å². The van der Waals surface area contributed by atoms with E-state index in [1.807, 2.05) is 24.3 Å². The van der Waals surface area contributed by atoms with E-state index < -0.39 is 0 Å². The van der Waals surface area contributed by atoms with E-state index in [2.05, 4.69) is 15.4 Å². The van der Waals surface area contributed by atoms with Crippen molar-refractivity contribution in [1.82, 2.24) is 14.6 Å². The number of hydrogen-bond donors (Lipinski definition) is 1. The number of nitrogens with one attached hydrogen (secondary N) is 1. The van der Waals surface area contributed by atoms with E-state index in [1.165, 1.54) is 16.8 Å². The fourth-order valence-electron chi connectivity index (χ4n) is 2.36. The van der Waals surface area contributed by atoms with E-state index in [0.717, 1.165) is 11.3 Å². The molecule has 0 saturated carbocycles. The van der Waals surface area contributed by atoms with Gasteiger partial charge in [0.25, 0.3) is 0 Å². The van der Waals surface area contributed by atoms with Gasteiger partial charge in [0.1, 0.15) is 18.2 Å². The second-order valence-corrected chi connectivity index (χ2v) is 4.63. The molecule has 100 valence electrons. The molecule has 4 rings (SSSR count). The SMILES string of the molecule is Fc1ccc2nc(NC3COc4ccccc43)nn2c1. The normalized spacial score (nSPS) is 16.9.